The molecule has 0 spiro atoms. The summed E-state index contributed by atoms with van der Waals surface area (Å²) >= 11 is 0. The van der Waals surface area contributed by atoms with E-state index in [2.05, 4.69) is 19.1 Å². The van der Waals surface area contributed by atoms with Crippen LogP contribution in [0, 0.1) is 12.8 Å². The van der Waals surface area contributed by atoms with Gasteiger partial charge in [0, 0.05) is 37.1 Å². The number of carbonyl (C=O) groups excluding carboxylic acids is 2. The van der Waals surface area contributed by atoms with Gasteiger partial charge in [-0.15, -0.1) is 0 Å². The number of fused-ring (bicyclic) bond motifs is 1. The van der Waals surface area contributed by atoms with E-state index >= 15 is 0 Å². The highest BCUT2D eigenvalue weighted by atomic mass is 16.5. The fraction of sp³-hybridized carbons (Fsp3) is 0.370. The summed E-state index contributed by atoms with van der Waals surface area (Å²) in [4.78, 5) is 35.4. The van der Waals surface area contributed by atoms with Crippen LogP contribution in [-0.4, -0.2) is 66.0 Å². The molecule has 0 radical (unpaired) electrons. The molecule has 2 fully saturated rings. The number of likely N-dealkylation sites (tertiary alicyclic amines) is 1. The van der Waals surface area contributed by atoms with E-state index in [-0.39, 0.29) is 17.7 Å². The van der Waals surface area contributed by atoms with E-state index in [9.17, 15) is 9.59 Å². The van der Waals surface area contributed by atoms with Gasteiger partial charge in [-0.3, -0.25) is 9.59 Å². The van der Waals surface area contributed by atoms with Crippen molar-refractivity contribution >= 4 is 22.7 Å². The van der Waals surface area contributed by atoms with E-state index in [1.54, 1.807) is 0 Å². The zero-order valence-electron chi connectivity index (χ0n) is 19.0. The van der Waals surface area contributed by atoms with E-state index in [0.717, 1.165) is 35.0 Å². The number of piperidine rings is 1. The van der Waals surface area contributed by atoms with Crippen molar-refractivity contribution in [1.29, 1.82) is 0 Å². The van der Waals surface area contributed by atoms with Gasteiger partial charge in [-0.25, -0.2) is 4.98 Å². The maximum Gasteiger partial charge on any atom is 0.254 e. The minimum atomic E-state index is -0.148. The Kier molecular flexibility index (Phi) is 6.09. The molecule has 2 aliphatic rings. The molecule has 6 heteroatoms. The number of nitrogens with zero attached hydrogens (tertiary/aromatic N) is 3. The first kappa shape index (κ1) is 21.6. The van der Waals surface area contributed by atoms with Crippen LogP contribution >= 0.6 is 0 Å². The molecule has 33 heavy (non-hydrogen) atoms. The second-order valence-electron chi connectivity index (χ2n) is 8.97. The molecule has 1 unspecified atom stereocenters. The predicted molar refractivity (Wildman–Crippen MR) is 128 cm³/mol. The van der Waals surface area contributed by atoms with E-state index < -0.39 is 0 Å². The summed E-state index contributed by atoms with van der Waals surface area (Å²) in [6.45, 7) is 5.64. The maximum absolute atomic E-state index is 13.7. The smallest absolute Gasteiger partial charge is 0.254 e. The average molecular weight is 444 g/mol. The molecule has 0 saturated carbocycles. The Bertz CT molecular complexity index is 1170. The van der Waals surface area contributed by atoms with Gasteiger partial charge in [0.25, 0.3) is 5.91 Å². The SMILES string of the molecule is Cc1ccc(-c2cc(C(=O)N3CCCC(C(=O)N4CCOCC4)C3)c3ccccc3n2)cc1. The lowest BCUT2D eigenvalue weighted by Crippen LogP contribution is -2.49. The van der Waals surface area contributed by atoms with Crippen LogP contribution in [0.1, 0.15) is 28.8 Å². The molecule has 2 aliphatic heterocycles. The monoisotopic (exact) mass is 443 g/mol. The lowest BCUT2D eigenvalue weighted by atomic mass is 9.95. The third kappa shape index (κ3) is 4.48. The zero-order valence-corrected chi connectivity index (χ0v) is 19.0. The van der Waals surface area contributed by atoms with Crippen molar-refractivity contribution in [2.24, 2.45) is 5.92 Å². The van der Waals surface area contributed by atoms with Crippen LogP contribution < -0.4 is 0 Å². The molecular weight excluding hydrogens is 414 g/mol. The highest BCUT2D eigenvalue weighted by molar-refractivity contribution is 6.07. The van der Waals surface area contributed by atoms with Crippen LogP contribution in [0.2, 0.25) is 0 Å². The highest BCUT2D eigenvalue weighted by Gasteiger charge is 2.32. The van der Waals surface area contributed by atoms with Crippen molar-refractivity contribution in [3.05, 3.63) is 65.7 Å². The summed E-state index contributed by atoms with van der Waals surface area (Å²) in [5.74, 6) is -0.0253. The number of carbonyl (C=O) groups is 2. The van der Waals surface area contributed by atoms with Gasteiger partial charge in [-0.1, -0.05) is 48.0 Å². The highest BCUT2D eigenvalue weighted by Crippen LogP contribution is 2.28. The zero-order chi connectivity index (χ0) is 22.8. The molecule has 0 N–H and O–H groups in total. The van der Waals surface area contributed by atoms with Crippen molar-refractivity contribution < 1.29 is 14.3 Å². The third-order valence-corrected chi connectivity index (χ3v) is 6.67. The summed E-state index contributed by atoms with van der Waals surface area (Å²) in [6.07, 6.45) is 1.66. The number of morpholine rings is 1. The van der Waals surface area contributed by atoms with Gasteiger partial charge in [0.1, 0.15) is 0 Å². The molecule has 0 bridgehead atoms. The predicted octanol–water partition coefficient (Wildman–Crippen LogP) is 3.92. The van der Waals surface area contributed by atoms with Gasteiger partial charge < -0.3 is 14.5 Å². The number of para-hydroxylation sites is 1. The number of aromatic nitrogens is 1. The van der Waals surface area contributed by atoms with Crippen LogP contribution in [0.5, 0.6) is 0 Å². The van der Waals surface area contributed by atoms with Gasteiger partial charge in [0.05, 0.1) is 35.9 Å². The Hall–Kier alpha value is -3.25. The Labute approximate surface area is 194 Å². The first-order chi connectivity index (χ1) is 16.1. The number of pyridine rings is 1. The normalized spacial score (nSPS) is 19.0. The van der Waals surface area contributed by atoms with Crippen molar-refractivity contribution in [2.75, 3.05) is 39.4 Å². The van der Waals surface area contributed by atoms with Gasteiger partial charge >= 0.3 is 0 Å². The Balaban J connectivity index is 1.44. The van der Waals surface area contributed by atoms with Crippen molar-refractivity contribution in [3.8, 4) is 11.3 Å². The fourth-order valence-corrected chi connectivity index (χ4v) is 4.80. The first-order valence-electron chi connectivity index (χ1n) is 11.7. The largest absolute Gasteiger partial charge is 0.378 e. The molecule has 2 amide bonds. The molecule has 2 aromatic carbocycles. The van der Waals surface area contributed by atoms with E-state index in [0.29, 0.717) is 45.0 Å². The van der Waals surface area contributed by atoms with Crippen LogP contribution in [-0.2, 0) is 9.53 Å². The summed E-state index contributed by atoms with van der Waals surface area (Å²) < 4.78 is 5.39. The summed E-state index contributed by atoms with van der Waals surface area (Å²) in [5, 5.41) is 0.847. The summed E-state index contributed by atoms with van der Waals surface area (Å²) in [6, 6.07) is 17.9. The number of hydrogen-bond acceptors (Lipinski definition) is 4. The van der Waals surface area contributed by atoms with E-state index in [1.807, 2.05) is 52.3 Å². The average Bonchev–Trinajstić information content (AvgIpc) is 2.88. The molecule has 3 aromatic rings. The maximum atomic E-state index is 13.7. The lowest BCUT2D eigenvalue weighted by Gasteiger charge is -2.36. The summed E-state index contributed by atoms with van der Waals surface area (Å²) in [7, 11) is 0. The fourth-order valence-electron chi connectivity index (χ4n) is 4.80. The van der Waals surface area contributed by atoms with Crippen molar-refractivity contribution in [3.63, 3.8) is 0 Å². The Morgan fingerprint density at radius 2 is 1.73 bits per heavy atom. The Morgan fingerprint density at radius 1 is 0.970 bits per heavy atom. The van der Waals surface area contributed by atoms with Crippen LogP contribution in [0.4, 0.5) is 0 Å². The Morgan fingerprint density at radius 3 is 2.52 bits per heavy atom. The molecule has 6 nitrogen and oxygen atoms in total. The second kappa shape index (κ2) is 9.32. The van der Waals surface area contributed by atoms with Crippen LogP contribution in [0.25, 0.3) is 22.2 Å². The minimum Gasteiger partial charge on any atom is -0.378 e. The second-order valence-corrected chi connectivity index (χ2v) is 8.97. The molecular formula is C27H29N3O3. The van der Waals surface area contributed by atoms with Crippen molar-refractivity contribution in [1.82, 2.24) is 14.8 Å². The van der Waals surface area contributed by atoms with Gasteiger partial charge in [-0.2, -0.15) is 0 Å². The number of benzene rings is 2. The van der Waals surface area contributed by atoms with Crippen molar-refractivity contribution in [2.45, 2.75) is 19.8 Å². The molecule has 3 heterocycles. The van der Waals surface area contributed by atoms with E-state index in [4.69, 9.17) is 9.72 Å². The number of amides is 2. The number of aryl methyl sites for hydroxylation is 1. The van der Waals surface area contributed by atoms with Gasteiger partial charge in [0.2, 0.25) is 5.91 Å². The standard InChI is InChI=1S/C27H29N3O3/c1-19-8-10-20(11-9-19)25-17-23(22-6-2-3-7-24(22)28-25)27(32)30-12-4-5-21(18-30)26(31)29-13-15-33-16-14-29/h2-3,6-11,17,21H,4-5,12-16,18H2,1H3. The molecule has 5 rings (SSSR count). The van der Waals surface area contributed by atoms with Gasteiger partial charge in [0.15, 0.2) is 0 Å². The summed E-state index contributed by atoms with van der Waals surface area (Å²) in [5.41, 5.74) is 4.40. The molecule has 0 aliphatic carbocycles. The van der Waals surface area contributed by atoms with Crippen LogP contribution in [0.3, 0.4) is 0 Å². The molecule has 170 valence electrons. The lowest BCUT2D eigenvalue weighted by molar-refractivity contribution is -0.141. The first-order valence-corrected chi connectivity index (χ1v) is 11.7. The number of hydrogen-bond donors (Lipinski definition) is 0. The van der Waals surface area contributed by atoms with Crippen LogP contribution in [0.15, 0.2) is 54.6 Å². The third-order valence-electron chi connectivity index (χ3n) is 6.67. The quantitative estimate of drug-likeness (QED) is 0.616. The molecule has 1 aromatic heterocycles. The topological polar surface area (TPSA) is 62.7 Å². The number of ether oxygens (including phenoxy) is 1. The molecule has 2 saturated heterocycles. The van der Waals surface area contributed by atoms with E-state index in [1.165, 1.54) is 5.56 Å². The minimum absolute atomic E-state index is 0.0264. The molecule has 1 atom stereocenters. The number of rotatable bonds is 3. The van der Waals surface area contributed by atoms with Gasteiger partial charge in [-0.05, 0) is 31.9 Å².